The largest absolute Gasteiger partial charge is 0.344 e. The molecule has 1 amide bonds. The van der Waals surface area contributed by atoms with E-state index in [0.717, 1.165) is 37.3 Å². The summed E-state index contributed by atoms with van der Waals surface area (Å²) in [4.78, 5) is 15.0. The molecule has 0 saturated heterocycles. The number of carbonyl (C=O) groups excluding carboxylic acids is 1. The van der Waals surface area contributed by atoms with Gasteiger partial charge in [0.25, 0.3) is 5.91 Å². The van der Waals surface area contributed by atoms with Crippen molar-refractivity contribution in [2.75, 3.05) is 6.54 Å². The van der Waals surface area contributed by atoms with Gasteiger partial charge in [0.2, 0.25) is 0 Å². The van der Waals surface area contributed by atoms with Crippen LogP contribution in [0.3, 0.4) is 0 Å². The first kappa shape index (κ1) is 16.7. The van der Waals surface area contributed by atoms with Gasteiger partial charge in [-0.3, -0.25) is 14.4 Å². The van der Waals surface area contributed by atoms with Gasteiger partial charge in [-0.2, -0.15) is 5.10 Å². The van der Waals surface area contributed by atoms with Crippen LogP contribution in [0.15, 0.2) is 36.4 Å². The number of aryl methyl sites for hydroxylation is 1. The van der Waals surface area contributed by atoms with E-state index >= 15 is 0 Å². The van der Waals surface area contributed by atoms with Crippen LogP contribution in [-0.2, 0) is 13.1 Å². The fourth-order valence-corrected chi connectivity index (χ4v) is 3.13. The van der Waals surface area contributed by atoms with Crippen molar-refractivity contribution in [2.24, 2.45) is 0 Å². The number of nitrogens with one attached hydrogen (secondary N) is 1. The van der Waals surface area contributed by atoms with Crippen molar-refractivity contribution in [1.29, 1.82) is 0 Å². The number of amides is 1. The summed E-state index contributed by atoms with van der Waals surface area (Å²) in [5.41, 5.74) is 2.73. The van der Waals surface area contributed by atoms with Crippen LogP contribution < -0.4 is 5.32 Å². The predicted molar refractivity (Wildman–Crippen MR) is 94.7 cm³/mol. The van der Waals surface area contributed by atoms with Crippen molar-refractivity contribution >= 4 is 5.91 Å². The average molecular weight is 326 g/mol. The van der Waals surface area contributed by atoms with Crippen molar-refractivity contribution in [2.45, 2.75) is 52.4 Å². The van der Waals surface area contributed by atoms with Crippen molar-refractivity contribution in [3.8, 4) is 0 Å². The molecule has 0 radical (unpaired) electrons. The van der Waals surface area contributed by atoms with Crippen LogP contribution in [0.25, 0.3) is 0 Å². The number of nitrogens with zero attached hydrogens (tertiary/aromatic N) is 3. The molecule has 0 unspecified atom stereocenters. The molecule has 0 spiro atoms. The number of hydrogen-bond donors (Lipinski definition) is 1. The molecule has 0 saturated carbocycles. The minimum atomic E-state index is -0.108. The Morgan fingerprint density at radius 2 is 1.92 bits per heavy atom. The van der Waals surface area contributed by atoms with Gasteiger partial charge in [0, 0.05) is 25.7 Å². The minimum absolute atomic E-state index is 0.0348. The highest BCUT2D eigenvalue weighted by Crippen LogP contribution is 2.17. The van der Waals surface area contributed by atoms with Gasteiger partial charge in [0.05, 0.1) is 11.7 Å². The Labute approximate surface area is 143 Å². The van der Waals surface area contributed by atoms with Gasteiger partial charge >= 0.3 is 0 Å². The molecule has 3 rings (SSSR count). The second kappa shape index (κ2) is 7.18. The first-order chi connectivity index (χ1) is 11.5. The second-order valence-electron chi connectivity index (χ2n) is 6.77. The van der Waals surface area contributed by atoms with E-state index in [1.807, 2.05) is 48.0 Å². The molecule has 1 atom stereocenters. The van der Waals surface area contributed by atoms with E-state index < -0.39 is 0 Å². The Balaban J connectivity index is 1.72. The highest BCUT2D eigenvalue weighted by atomic mass is 16.2. The monoisotopic (exact) mass is 326 g/mol. The van der Waals surface area contributed by atoms with Gasteiger partial charge in [-0.25, -0.2) is 0 Å². The molecular weight excluding hydrogens is 300 g/mol. The first-order valence-electron chi connectivity index (χ1n) is 8.71. The number of carbonyl (C=O) groups is 1. The van der Waals surface area contributed by atoms with E-state index in [1.165, 1.54) is 0 Å². The molecule has 1 N–H and O–H groups in total. The molecule has 5 nitrogen and oxygen atoms in total. The number of hydrogen-bond acceptors (Lipinski definition) is 3. The van der Waals surface area contributed by atoms with Crippen molar-refractivity contribution < 1.29 is 4.79 Å². The lowest BCUT2D eigenvalue weighted by molar-refractivity contribution is 0.0934. The van der Waals surface area contributed by atoms with E-state index in [2.05, 4.69) is 29.2 Å². The topological polar surface area (TPSA) is 50.2 Å². The Bertz CT molecular complexity index is 693. The van der Waals surface area contributed by atoms with Gasteiger partial charge in [0.15, 0.2) is 5.69 Å². The maximum atomic E-state index is 12.5. The Morgan fingerprint density at radius 1 is 1.17 bits per heavy atom. The summed E-state index contributed by atoms with van der Waals surface area (Å²) in [7, 11) is 0. The number of fused-ring (bicyclic) bond motifs is 1. The summed E-state index contributed by atoms with van der Waals surface area (Å²) in [6, 6.07) is 12.4. The van der Waals surface area contributed by atoms with Crippen LogP contribution in [0.1, 0.15) is 55.0 Å². The average Bonchev–Trinajstić information content (AvgIpc) is 2.87. The maximum absolute atomic E-state index is 12.5. The van der Waals surface area contributed by atoms with Gasteiger partial charge < -0.3 is 5.32 Å². The van der Waals surface area contributed by atoms with E-state index in [9.17, 15) is 4.79 Å². The van der Waals surface area contributed by atoms with Gasteiger partial charge in [-0.05, 0) is 38.8 Å². The molecule has 0 bridgehead atoms. The van der Waals surface area contributed by atoms with E-state index in [0.29, 0.717) is 11.7 Å². The fourth-order valence-electron chi connectivity index (χ4n) is 3.13. The Morgan fingerprint density at radius 3 is 2.62 bits per heavy atom. The minimum Gasteiger partial charge on any atom is -0.344 e. The maximum Gasteiger partial charge on any atom is 0.272 e. The predicted octanol–water partition coefficient (Wildman–Crippen LogP) is 2.99. The van der Waals surface area contributed by atoms with Crippen LogP contribution in [0.2, 0.25) is 0 Å². The van der Waals surface area contributed by atoms with Gasteiger partial charge in [0.1, 0.15) is 0 Å². The van der Waals surface area contributed by atoms with Crippen molar-refractivity contribution in [1.82, 2.24) is 20.0 Å². The SMILES string of the molecule is CC(C)N1CCCn2nc(C(=O)N[C@@H](C)c3ccccc3)cc2C1. The standard InChI is InChI=1S/C19H26N4O/c1-14(2)22-10-7-11-23-17(13-22)12-18(21-23)19(24)20-15(3)16-8-5-4-6-9-16/h4-6,8-9,12,14-15H,7,10-11,13H2,1-3H3,(H,20,24)/t15-/m0/s1. The third-order valence-electron chi connectivity index (χ3n) is 4.65. The molecule has 2 heterocycles. The van der Waals surface area contributed by atoms with Gasteiger partial charge in [-0.1, -0.05) is 30.3 Å². The smallest absolute Gasteiger partial charge is 0.272 e. The molecule has 1 aromatic carbocycles. The molecule has 2 aromatic rings. The summed E-state index contributed by atoms with van der Waals surface area (Å²) >= 11 is 0. The van der Waals surface area contributed by atoms with E-state index in [1.54, 1.807) is 0 Å². The summed E-state index contributed by atoms with van der Waals surface area (Å²) in [6.07, 6.45) is 1.06. The lowest BCUT2D eigenvalue weighted by Crippen LogP contribution is -2.30. The summed E-state index contributed by atoms with van der Waals surface area (Å²) in [5, 5.41) is 7.57. The molecule has 5 heteroatoms. The highest BCUT2D eigenvalue weighted by Gasteiger charge is 2.21. The first-order valence-corrected chi connectivity index (χ1v) is 8.71. The third kappa shape index (κ3) is 3.67. The fraction of sp³-hybridized carbons (Fsp3) is 0.474. The number of benzene rings is 1. The zero-order valence-electron chi connectivity index (χ0n) is 14.7. The van der Waals surface area contributed by atoms with Crippen LogP contribution >= 0.6 is 0 Å². The zero-order valence-corrected chi connectivity index (χ0v) is 14.7. The lowest BCUT2D eigenvalue weighted by Gasteiger charge is -2.23. The van der Waals surface area contributed by atoms with Crippen LogP contribution in [0, 0.1) is 0 Å². The second-order valence-corrected chi connectivity index (χ2v) is 6.77. The zero-order chi connectivity index (χ0) is 17.1. The Kier molecular flexibility index (Phi) is 5.00. The normalized spacial score (nSPS) is 16.5. The van der Waals surface area contributed by atoms with E-state index in [-0.39, 0.29) is 11.9 Å². The highest BCUT2D eigenvalue weighted by molar-refractivity contribution is 5.92. The Hall–Kier alpha value is -2.14. The summed E-state index contributed by atoms with van der Waals surface area (Å²) in [6.45, 7) is 9.22. The lowest BCUT2D eigenvalue weighted by atomic mass is 10.1. The molecular formula is C19H26N4O. The van der Waals surface area contributed by atoms with Crippen LogP contribution in [-0.4, -0.2) is 33.2 Å². The molecule has 0 fully saturated rings. The van der Waals surface area contributed by atoms with Crippen molar-refractivity contribution in [3.63, 3.8) is 0 Å². The molecule has 1 aliphatic rings. The van der Waals surface area contributed by atoms with E-state index in [4.69, 9.17) is 0 Å². The summed E-state index contributed by atoms with van der Waals surface area (Å²) in [5.74, 6) is -0.108. The third-order valence-corrected chi connectivity index (χ3v) is 4.65. The summed E-state index contributed by atoms with van der Waals surface area (Å²) < 4.78 is 1.99. The number of rotatable bonds is 4. The molecule has 128 valence electrons. The molecule has 1 aliphatic heterocycles. The van der Waals surface area contributed by atoms with Crippen molar-refractivity contribution in [3.05, 3.63) is 53.3 Å². The van der Waals surface area contributed by atoms with Crippen LogP contribution in [0.5, 0.6) is 0 Å². The molecule has 24 heavy (non-hydrogen) atoms. The number of aromatic nitrogens is 2. The molecule has 0 aliphatic carbocycles. The van der Waals surface area contributed by atoms with Crippen LogP contribution in [0.4, 0.5) is 0 Å². The quantitative estimate of drug-likeness (QED) is 0.940. The molecule has 1 aromatic heterocycles. The van der Waals surface area contributed by atoms with Gasteiger partial charge in [-0.15, -0.1) is 0 Å².